The lowest BCUT2D eigenvalue weighted by molar-refractivity contribution is -0.161. The van der Waals surface area contributed by atoms with Crippen molar-refractivity contribution in [2.75, 3.05) is 39.6 Å². The van der Waals surface area contributed by atoms with E-state index in [2.05, 4.69) is 41.5 Å². The minimum absolute atomic E-state index is 0.106. The van der Waals surface area contributed by atoms with Crippen molar-refractivity contribution in [2.24, 2.45) is 11.8 Å². The van der Waals surface area contributed by atoms with Crippen molar-refractivity contribution < 1.29 is 80.2 Å². The predicted octanol–water partition coefficient (Wildman–Crippen LogP) is 23.1. The number of hydrogen-bond donors (Lipinski definition) is 3. The lowest BCUT2D eigenvalue weighted by Gasteiger charge is -2.21. The van der Waals surface area contributed by atoms with E-state index >= 15 is 0 Å². The maximum Gasteiger partial charge on any atom is 0.472 e. The maximum atomic E-state index is 13.1. The minimum atomic E-state index is -4.96. The summed E-state index contributed by atoms with van der Waals surface area (Å²) in [5.74, 6) is -0.614. The van der Waals surface area contributed by atoms with Gasteiger partial charge in [0.05, 0.1) is 26.4 Å². The van der Waals surface area contributed by atoms with Crippen LogP contribution in [0.4, 0.5) is 0 Å². The second kappa shape index (κ2) is 69.8. The number of hydrogen-bond acceptors (Lipinski definition) is 15. The zero-order valence-corrected chi connectivity index (χ0v) is 65.2. The van der Waals surface area contributed by atoms with Crippen LogP contribution in [-0.4, -0.2) is 96.7 Å². The van der Waals surface area contributed by atoms with Crippen LogP contribution in [0.1, 0.15) is 408 Å². The summed E-state index contributed by atoms with van der Waals surface area (Å²) in [5.41, 5.74) is 0. The molecule has 0 saturated heterocycles. The van der Waals surface area contributed by atoms with Gasteiger partial charge >= 0.3 is 39.5 Å². The summed E-state index contributed by atoms with van der Waals surface area (Å²) >= 11 is 0. The molecular formula is C78H152O17P2. The fraction of sp³-hybridized carbons (Fsp3) is 0.949. The largest absolute Gasteiger partial charge is 0.472 e. The molecule has 0 rings (SSSR count). The van der Waals surface area contributed by atoms with E-state index in [1.54, 1.807) is 0 Å². The number of carbonyl (C=O) groups is 4. The van der Waals surface area contributed by atoms with Crippen molar-refractivity contribution in [3.63, 3.8) is 0 Å². The van der Waals surface area contributed by atoms with Crippen molar-refractivity contribution in [2.45, 2.75) is 426 Å². The molecule has 0 aromatic heterocycles. The van der Waals surface area contributed by atoms with Crippen molar-refractivity contribution in [3.8, 4) is 0 Å². The molecule has 5 atom stereocenters. The molecule has 0 aliphatic rings. The normalized spacial score (nSPS) is 14.0. The molecule has 2 unspecified atom stereocenters. The van der Waals surface area contributed by atoms with Crippen LogP contribution in [0.3, 0.4) is 0 Å². The molecule has 0 aliphatic heterocycles. The molecule has 17 nitrogen and oxygen atoms in total. The molecule has 0 amide bonds. The summed E-state index contributed by atoms with van der Waals surface area (Å²) in [6.07, 6.45) is 58.5. The van der Waals surface area contributed by atoms with Crippen LogP contribution in [0.5, 0.6) is 0 Å². The molecule has 0 aromatic carbocycles. The number of carbonyl (C=O) groups excluding carboxylic acids is 4. The van der Waals surface area contributed by atoms with Gasteiger partial charge in [-0.3, -0.25) is 37.3 Å². The molecule has 19 heteroatoms. The summed E-state index contributed by atoms with van der Waals surface area (Å²) in [4.78, 5) is 72.8. The van der Waals surface area contributed by atoms with Gasteiger partial charge in [-0.2, -0.15) is 0 Å². The van der Waals surface area contributed by atoms with Gasteiger partial charge in [-0.25, -0.2) is 9.13 Å². The number of ether oxygens (including phenoxy) is 4. The Bertz CT molecular complexity index is 1870. The van der Waals surface area contributed by atoms with E-state index in [9.17, 15) is 43.2 Å². The topological polar surface area (TPSA) is 237 Å². The van der Waals surface area contributed by atoms with E-state index in [1.807, 2.05) is 0 Å². The Labute approximate surface area is 594 Å². The van der Waals surface area contributed by atoms with Gasteiger partial charge < -0.3 is 33.8 Å². The van der Waals surface area contributed by atoms with Crippen molar-refractivity contribution in [3.05, 3.63) is 0 Å². The fourth-order valence-corrected chi connectivity index (χ4v) is 13.6. The summed E-state index contributed by atoms with van der Waals surface area (Å²) < 4.78 is 68.5. The van der Waals surface area contributed by atoms with Gasteiger partial charge in [0, 0.05) is 25.7 Å². The van der Waals surface area contributed by atoms with Gasteiger partial charge in [-0.1, -0.05) is 356 Å². The van der Waals surface area contributed by atoms with Crippen LogP contribution in [0.15, 0.2) is 0 Å². The van der Waals surface area contributed by atoms with Crippen LogP contribution in [0.25, 0.3) is 0 Å². The first-order chi connectivity index (χ1) is 46.9. The molecule has 0 radical (unpaired) electrons. The molecule has 576 valence electrons. The molecular weight excluding hydrogens is 1270 g/mol. The monoisotopic (exact) mass is 1420 g/mol. The average molecular weight is 1420 g/mol. The Morgan fingerprint density at radius 3 is 0.701 bits per heavy atom. The standard InChI is InChI=1S/C78H152O17P2/c1-7-9-11-13-15-17-19-20-21-27-30-34-37-41-48-54-60-75(80)88-66-73(94-78(83)63-57-51-43-39-35-31-28-25-23-22-24-26-29-33-36-40-46-52-58-70(3)4)68-92-96(84,85)90-64-72(79)65-91-97(86,87)93-69-74(67-89-76(81)61-55-49-45-44-47-53-59-71(5)6)95-77(82)62-56-50-42-38-32-18-16-14-12-10-8-2/h70-74,79H,7-69H2,1-6H3,(H,84,85)(H,86,87)/t72-,73-,74-/m1/s1. The van der Waals surface area contributed by atoms with E-state index in [0.717, 1.165) is 102 Å². The number of unbranched alkanes of at least 4 members (excludes halogenated alkanes) is 47. The third-order valence-electron chi connectivity index (χ3n) is 18.2. The quantitative estimate of drug-likeness (QED) is 0.0222. The first-order valence-corrected chi connectivity index (χ1v) is 43.5. The predicted molar refractivity (Wildman–Crippen MR) is 395 cm³/mol. The summed E-state index contributed by atoms with van der Waals surface area (Å²) in [5, 5.41) is 10.6. The zero-order chi connectivity index (χ0) is 71.4. The Balaban J connectivity index is 5.19. The third kappa shape index (κ3) is 72.2. The number of aliphatic hydroxyl groups excluding tert-OH is 1. The van der Waals surface area contributed by atoms with E-state index in [1.165, 1.54) is 218 Å². The Morgan fingerprint density at radius 2 is 0.474 bits per heavy atom. The van der Waals surface area contributed by atoms with E-state index in [0.29, 0.717) is 31.6 Å². The van der Waals surface area contributed by atoms with Gasteiger partial charge in [0.2, 0.25) is 0 Å². The van der Waals surface area contributed by atoms with Gasteiger partial charge in [0.25, 0.3) is 0 Å². The SMILES string of the molecule is CCCCCCCCCCCCCCCCCCC(=O)OC[C@H](COP(=O)(O)OC[C@@H](O)COP(=O)(O)OC[C@@H](COC(=O)CCCCCCCCC(C)C)OC(=O)CCCCCCCCCCCCC)OC(=O)CCCCCCCCCCCCCCCCCCCCC(C)C. The van der Waals surface area contributed by atoms with Crippen LogP contribution < -0.4 is 0 Å². The lowest BCUT2D eigenvalue weighted by atomic mass is 10.0. The molecule has 0 aliphatic carbocycles. The number of esters is 4. The Kier molecular flexibility index (Phi) is 68.4. The zero-order valence-electron chi connectivity index (χ0n) is 63.4. The summed E-state index contributed by atoms with van der Waals surface area (Å²) in [7, 11) is -9.91. The minimum Gasteiger partial charge on any atom is -0.462 e. The fourth-order valence-electron chi connectivity index (χ4n) is 12.0. The van der Waals surface area contributed by atoms with Crippen LogP contribution in [0.2, 0.25) is 0 Å². The van der Waals surface area contributed by atoms with E-state index in [-0.39, 0.29) is 25.7 Å². The third-order valence-corrected chi connectivity index (χ3v) is 20.1. The maximum absolute atomic E-state index is 13.1. The average Bonchev–Trinajstić information content (AvgIpc) is 1.06. The second-order valence-corrected chi connectivity index (χ2v) is 32.0. The molecule has 0 aromatic rings. The van der Waals surface area contributed by atoms with Gasteiger partial charge in [0.1, 0.15) is 19.3 Å². The number of phosphoric acid groups is 2. The molecule has 3 N–H and O–H groups in total. The van der Waals surface area contributed by atoms with E-state index < -0.39 is 97.5 Å². The van der Waals surface area contributed by atoms with Gasteiger partial charge in [-0.15, -0.1) is 0 Å². The van der Waals surface area contributed by atoms with Gasteiger partial charge in [-0.05, 0) is 37.5 Å². The van der Waals surface area contributed by atoms with Crippen LogP contribution in [-0.2, 0) is 65.4 Å². The molecule has 0 fully saturated rings. The second-order valence-electron chi connectivity index (χ2n) is 29.1. The van der Waals surface area contributed by atoms with Crippen molar-refractivity contribution in [1.29, 1.82) is 0 Å². The Hall–Kier alpha value is -1.94. The lowest BCUT2D eigenvalue weighted by Crippen LogP contribution is -2.30. The molecule has 0 saturated carbocycles. The van der Waals surface area contributed by atoms with E-state index in [4.69, 9.17) is 37.0 Å². The van der Waals surface area contributed by atoms with Crippen LogP contribution >= 0.6 is 15.6 Å². The van der Waals surface area contributed by atoms with Crippen LogP contribution in [0, 0.1) is 11.8 Å². The van der Waals surface area contributed by atoms with Gasteiger partial charge in [0.15, 0.2) is 12.2 Å². The Morgan fingerprint density at radius 1 is 0.278 bits per heavy atom. The highest BCUT2D eigenvalue weighted by molar-refractivity contribution is 7.47. The molecule has 0 heterocycles. The molecule has 97 heavy (non-hydrogen) atoms. The highest BCUT2D eigenvalue weighted by Gasteiger charge is 2.30. The van der Waals surface area contributed by atoms with Crippen molar-refractivity contribution in [1.82, 2.24) is 0 Å². The first-order valence-electron chi connectivity index (χ1n) is 40.5. The summed E-state index contributed by atoms with van der Waals surface area (Å²) in [6.45, 7) is 9.56. The summed E-state index contributed by atoms with van der Waals surface area (Å²) in [6, 6.07) is 0. The number of phosphoric ester groups is 2. The molecule has 0 bridgehead atoms. The van der Waals surface area contributed by atoms with Crippen molar-refractivity contribution >= 4 is 39.5 Å². The highest BCUT2D eigenvalue weighted by atomic mass is 31.2. The number of aliphatic hydroxyl groups is 1. The smallest absolute Gasteiger partial charge is 0.462 e. The first kappa shape index (κ1) is 95.1. The molecule has 0 spiro atoms. The number of rotatable bonds is 77. The highest BCUT2D eigenvalue weighted by Crippen LogP contribution is 2.45.